The third kappa shape index (κ3) is 3.13. The van der Waals surface area contributed by atoms with Gasteiger partial charge in [0.2, 0.25) is 5.91 Å². The topological polar surface area (TPSA) is 71.3 Å². The average Bonchev–Trinajstić information content (AvgIpc) is 2.91. The fourth-order valence-corrected chi connectivity index (χ4v) is 1.94. The Morgan fingerprint density at radius 1 is 1.05 bits per heavy atom. The van der Waals surface area contributed by atoms with Crippen LogP contribution in [-0.4, -0.2) is 11.8 Å². The summed E-state index contributed by atoms with van der Waals surface area (Å²) in [7, 11) is 0. The number of amides is 2. The Morgan fingerprint density at radius 3 is 2.29 bits per heavy atom. The van der Waals surface area contributed by atoms with E-state index in [1.165, 1.54) is 6.26 Å². The minimum absolute atomic E-state index is 0.289. The molecule has 110 valence electrons. The number of carbonyl (C=O) groups is 2. The molecule has 2 N–H and O–H groups in total. The zero-order chi connectivity index (χ0) is 15.5. The van der Waals surface area contributed by atoms with Crippen molar-refractivity contribution in [2.24, 2.45) is 0 Å². The molecule has 5 heteroatoms. The van der Waals surface area contributed by atoms with Gasteiger partial charge in [0.25, 0.3) is 5.91 Å². The van der Waals surface area contributed by atoms with E-state index in [1.54, 1.807) is 26.8 Å². The molecule has 0 saturated carbocycles. The summed E-state index contributed by atoms with van der Waals surface area (Å²) in [5.74, 6) is -0.189. The quantitative estimate of drug-likeness (QED) is 0.851. The standard InChI is InChI=1S/C16H18N2O3/c1-11-13(9-10-21-11)14(19)17-18-15(20)16(2,3)12-7-5-4-6-8-12/h4-10H,1-3H3,(H,17,19)(H,18,20). The third-order valence-electron chi connectivity index (χ3n) is 3.46. The Hall–Kier alpha value is -2.56. The molecule has 0 fully saturated rings. The van der Waals surface area contributed by atoms with Gasteiger partial charge in [-0.25, -0.2) is 0 Å². The molecule has 2 amide bonds. The van der Waals surface area contributed by atoms with Crippen LogP contribution in [0, 0.1) is 6.92 Å². The first kappa shape index (κ1) is 14.8. The normalized spacial score (nSPS) is 11.0. The first-order chi connectivity index (χ1) is 9.93. The molecule has 1 aromatic heterocycles. The predicted octanol–water partition coefficient (Wildman–Crippen LogP) is 2.33. The lowest BCUT2D eigenvalue weighted by Crippen LogP contribution is -2.49. The summed E-state index contributed by atoms with van der Waals surface area (Å²) in [4.78, 5) is 24.2. The van der Waals surface area contributed by atoms with Crippen LogP contribution in [0.25, 0.3) is 0 Å². The number of nitrogens with one attached hydrogen (secondary N) is 2. The fraction of sp³-hybridized carbons (Fsp3) is 0.250. The Bertz CT molecular complexity index is 645. The number of hydrazine groups is 1. The van der Waals surface area contributed by atoms with Crippen LogP contribution >= 0.6 is 0 Å². The second-order valence-corrected chi connectivity index (χ2v) is 5.29. The van der Waals surface area contributed by atoms with E-state index in [9.17, 15) is 9.59 Å². The van der Waals surface area contributed by atoms with Crippen LogP contribution in [-0.2, 0) is 10.2 Å². The number of aryl methyl sites for hydroxylation is 1. The molecule has 0 aliphatic carbocycles. The van der Waals surface area contributed by atoms with Crippen molar-refractivity contribution in [1.82, 2.24) is 10.9 Å². The highest BCUT2D eigenvalue weighted by Crippen LogP contribution is 2.22. The smallest absolute Gasteiger partial charge is 0.273 e. The van der Waals surface area contributed by atoms with E-state index in [2.05, 4.69) is 10.9 Å². The number of rotatable bonds is 3. The van der Waals surface area contributed by atoms with E-state index < -0.39 is 11.3 Å². The molecule has 21 heavy (non-hydrogen) atoms. The van der Waals surface area contributed by atoms with Crippen molar-refractivity contribution < 1.29 is 14.0 Å². The van der Waals surface area contributed by atoms with E-state index >= 15 is 0 Å². The molecule has 2 aromatic rings. The van der Waals surface area contributed by atoms with E-state index in [1.807, 2.05) is 30.3 Å². The summed E-state index contributed by atoms with van der Waals surface area (Å²) < 4.78 is 5.06. The zero-order valence-electron chi connectivity index (χ0n) is 12.3. The lowest BCUT2D eigenvalue weighted by Gasteiger charge is -2.24. The van der Waals surface area contributed by atoms with E-state index in [0.29, 0.717) is 11.3 Å². The average molecular weight is 286 g/mol. The molecule has 0 atom stereocenters. The summed E-state index contributed by atoms with van der Waals surface area (Å²) in [6.45, 7) is 5.28. The first-order valence-corrected chi connectivity index (χ1v) is 6.63. The summed E-state index contributed by atoms with van der Waals surface area (Å²) in [6.07, 6.45) is 1.43. The van der Waals surface area contributed by atoms with Crippen LogP contribution in [0.1, 0.15) is 35.5 Å². The summed E-state index contributed by atoms with van der Waals surface area (Å²) in [5, 5.41) is 0. The molecule has 0 bridgehead atoms. The van der Waals surface area contributed by atoms with Gasteiger partial charge in [0.1, 0.15) is 5.76 Å². The second-order valence-electron chi connectivity index (χ2n) is 5.29. The van der Waals surface area contributed by atoms with Crippen molar-refractivity contribution in [1.29, 1.82) is 0 Å². The monoisotopic (exact) mass is 286 g/mol. The highest BCUT2D eigenvalue weighted by molar-refractivity contribution is 5.97. The molecule has 1 heterocycles. The third-order valence-corrected chi connectivity index (χ3v) is 3.46. The Balaban J connectivity index is 2.02. The lowest BCUT2D eigenvalue weighted by molar-refractivity contribution is -0.126. The van der Waals surface area contributed by atoms with Crippen LogP contribution in [0.4, 0.5) is 0 Å². The molecule has 5 nitrogen and oxygen atoms in total. The van der Waals surface area contributed by atoms with Crippen molar-refractivity contribution in [3.05, 3.63) is 59.5 Å². The second kappa shape index (κ2) is 5.83. The molecule has 0 spiro atoms. The zero-order valence-corrected chi connectivity index (χ0v) is 12.3. The van der Waals surface area contributed by atoms with E-state index in [-0.39, 0.29) is 5.91 Å². The highest BCUT2D eigenvalue weighted by atomic mass is 16.3. The molecular weight excluding hydrogens is 268 g/mol. The van der Waals surface area contributed by atoms with Crippen LogP contribution in [0.5, 0.6) is 0 Å². The molecule has 2 rings (SSSR count). The molecule has 0 aliphatic rings. The van der Waals surface area contributed by atoms with Crippen molar-refractivity contribution in [3.63, 3.8) is 0 Å². The number of carbonyl (C=O) groups excluding carboxylic acids is 2. The summed E-state index contributed by atoms with van der Waals surface area (Å²) in [5.41, 5.74) is 5.38. The minimum atomic E-state index is -0.750. The highest BCUT2D eigenvalue weighted by Gasteiger charge is 2.30. The molecular formula is C16H18N2O3. The maximum Gasteiger partial charge on any atom is 0.273 e. The van der Waals surface area contributed by atoms with Crippen molar-refractivity contribution in [2.75, 3.05) is 0 Å². The summed E-state index contributed by atoms with van der Waals surface area (Å²) >= 11 is 0. The summed E-state index contributed by atoms with van der Waals surface area (Å²) in [6, 6.07) is 10.9. The molecule has 0 saturated heterocycles. The van der Waals surface area contributed by atoms with Gasteiger partial charge in [0, 0.05) is 0 Å². The minimum Gasteiger partial charge on any atom is -0.469 e. The molecule has 1 aromatic carbocycles. The van der Waals surface area contributed by atoms with Gasteiger partial charge in [-0.05, 0) is 32.4 Å². The van der Waals surface area contributed by atoms with Crippen LogP contribution in [0.15, 0.2) is 47.1 Å². The maximum atomic E-state index is 12.3. The maximum absolute atomic E-state index is 12.3. The van der Waals surface area contributed by atoms with Crippen molar-refractivity contribution in [2.45, 2.75) is 26.2 Å². The Kier molecular flexibility index (Phi) is 4.12. The van der Waals surface area contributed by atoms with Gasteiger partial charge in [-0.2, -0.15) is 0 Å². The molecule has 0 radical (unpaired) electrons. The molecule has 0 unspecified atom stereocenters. The van der Waals surface area contributed by atoms with Gasteiger partial charge in [-0.1, -0.05) is 30.3 Å². The van der Waals surface area contributed by atoms with Gasteiger partial charge in [0.15, 0.2) is 0 Å². The lowest BCUT2D eigenvalue weighted by atomic mass is 9.84. The van der Waals surface area contributed by atoms with Gasteiger partial charge >= 0.3 is 0 Å². The fourth-order valence-electron chi connectivity index (χ4n) is 1.94. The first-order valence-electron chi connectivity index (χ1n) is 6.63. The van der Waals surface area contributed by atoms with Gasteiger partial charge in [-0.15, -0.1) is 0 Å². The van der Waals surface area contributed by atoms with Gasteiger partial charge in [-0.3, -0.25) is 20.4 Å². The van der Waals surface area contributed by atoms with Crippen LogP contribution < -0.4 is 10.9 Å². The number of hydrogen-bond donors (Lipinski definition) is 2. The Labute approximate surface area is 123 Å². The van der Waals surface area contributed by atoms with Crippen LogP contribution in [0.2, 0.25) is 0 Å². The predicted molar refractivity (Wildman–Crippen MR) is 78.5 cm³/mol. The molecule has 0 aliphatic heterocycles. The SMILES string of the molecule is Cc1occc1C(=O)NNC(=O)C(C)(C)c1ccccc1. The number of benzene rings is 1. The van der Waals surface area contributed by atoms with Crippen LogP contribution in [0.3, 0.4) is 0 Å². The number of hydrogen-bond acceptors (Lipinski definition) is 3. The van der Waals surface area contributed by atoms with E-state index in [4.69, 9.17) is 4.42 Å². The van der Waals surface area contributed by atoms with Crippen molar-refractivity contribution in [3.8, 4) is 0 Å². The van der Waals surface area contributed by atoms with E-state index in [0.717, 1.165) is 5.56 Å². The van der Waals surface area contributed by atoms with Gasteiger partial charge < -0.3 is 4.42 Å². The van der Waals surface area contributed by atoms with Crippen molar-refractivity contribution >= 4 is 11.8 Å². The number of furan rings is 1. The largest absolute Gasteiger partial charge is 0.469 e. The van der Waals surface area contributed by atoms with Gasteiger partial charge in [0.05, 0.1) is 17.2 Å². The Morgan fingerprint density at radius 2 is 1.71 bits per heavy atom.